The highest BCUT2D eigenvalue weighted by Gasteiger charge is 2.50. The molecule has 94 heavy (non-hydrogen) atoms. The maximum Gasteiger partial charge on any atom is 0.417 e. The number of nitrogens with one attached hydrogen (secondary N) is 1. The van der Waals surface area contributed by atoms with Crippen LogP contribution in [0.4, 0.5) is 47.3 Å². The number of nitrogens with zero attached hydrogens (tertiary/aromatic N) is 5. The van der Waals surface area contributed by atoms with Crippen LogP contribution in [0.2, 0.25) is 0 Å². The van der Waals surface area contributed by atoms with Crippen LogP contribution in [0.5, 0.6) is 17.2 Å². The van der Waals surface area contributed by atoms with Gasteiger partial charge < -0.3 is 53.5 Å². The lowest BCUT2D eigenvalue weighted by Crippen LogP contribution is -2.58. The van der Waals surface area contributed by atoms with Gasteiger partial charge in [0.25, 0.3) is 23.6 Å². The Balaban J connectivity index is 0.000000243. The number of hydrogen-bond acceptors (Lipinski definition) is 11. The molecule has 2 unspecified atom stereocenters. The van der Waals surface area contributed by atoms with E-state index in [1.54, 1.807) is 37.8 Å². The van der Waals surface area contributed by atoms with Gasteiger partial charge in [0, 0.05) is 56.9 Å². The summed E-state index contributed by atoms with van der Waals surface area (Å²) in [5, 5.41) is 2.49. The summed E-state index contributed by atoms with van der Waals surface area (Å²) in [7, 11) is 1.19. The van der Waals surface area contributed by atoms with E-state index in [1.165, 1.54) is 40.6 Å². The molecule has 2 saturated carbocycles. The Kier molecular flexibility index (Phi) is 23.3. The van der Waals surface area contributed by atoms with Gasteiger partial charge in [-0.05, 0) is 128 Å². The van der Waals surface area contributed by atoms with Gasteiger partial charge in [0.1, 0.15) is 30.5 Å². The first kappa shape index (κ1) is 71.4. The van der Waals surface area contributed by atoms with Gasteiger partial charge in [0.2, 0.25) is 5.60 Å². The number of methoxy groups -OCH3 is 1. The molecule has 2 aliphatic heterocycles. The minimum Gasteiger partial charge on any atom is -0.489 e. The number of carbonyl (C=O) groups is 6. The van der Waals surface area contributed by atoms with Crippen LogP contribution in [-0.2, 0) is 44.6 Å². The largest absolute Gasteiger partial charge is 0.489 e. The number of hydrogen-bond donors (Lipinski definition) is 1. The van der Waals surface area contributed by atoms with Crippen molar-refractivity contribution in [1.29, 1.82) is 0 Å². The molecule has 4 aliphatic rings. The maximum atomic E-state index is 14.7. The molecule has 1 N–H and O–H groups in total. The molecular weight excluding hydrogens is 1230 g/mol. The highest BCUT2D eigenvalue weighted by atomic mass is 19.4. The van der Waals surface area contributed by atoms with Crippen LogP contribution in [0, 0.1) is 6.92 Å². The van der Waals surface area contributed by atoms with Gasteiger partial charge in [-0.1, -0.05) is 124 Å². The van der Waals surface area contributed by atoms with Gasteiger partial charge in [-0.25, -0.2) is 9.59 Å². The van der Waals surface area contributed by atoms with Crippen LogP contribution >= 0.6 is 0 Å². The van der Waals surface area contributed by atoms with Gasteiger partial charge in [0.05, 0.1) is 40.7 Å². The van der Waals surface area contributed by atoms with Crippen molar-refractivity contribution >= 4 is 47.2 Å². The topological polar surface area (TPSA) is 177 Å². The van der Waals surface area contributed by atoms with E-state index in [1.807, 2.05) is 93.6 Å². The summed E-state index contributed by atoms with van der Waals surface area (Å²) in [5.41, 5.74) is -3.84. The molecule has 5 aromatic carbocycles. The molecule has 0 saturated heterocycles. The molecule has 2 heterocycles. The smallest absolute Gasteiger partial charge is 0.417 e. The number of fused-ring (bicyclic) bond motifs is 2. The van der Waals surface area contributed by atoms with Crippen molar-refractivity contribution in [1.82, 2.24) is 20.0 Å². The Morgan fingerprint density at radius 3 is 1.55 bits per heavy atom. The van der Waals surface area contributed by atoms with Crippen LogP contribution in [0.15, 0.2) is 109 Å². The first-order valence-electron chi connectivity index (χ1n) is 32.3. The predicted molar refractivity (Wildman–Crippen MR) is 343 cm³/mol. The van der Waals surface area contributed by atoms with Crippen LogP contribution in [0.25, 0.3) is 0 Å². The SMILES string of the molecule is CCC1(C)Oc2cc(C(F)(F)F)c(C(=O)N(C(C)C)C3CCCCC3)cc2N(CCN(Cc2ccccc2)C(=O)OCc2ccccc2)C1=O.COC(=O)NCCN1C(=O)C(C)(COc2ccc(C)cc2)Oc2cc(C(F)(F)F)c(C(=O)N(C(C)C)C3CCCCC3)cc21. The number of amides is 6. The third kappa shape index (κ3) is 17.1. The number of alkyl halides is 6. The van der Waals surface area contributed by atoms with Gasteiger partial charge in [-0.3, -0.25) is 19.2 Å². The van der Waals surface area contributed by atoms with Crippen molar-refractivity contribution in [3.63, 3.8) is 0 Å². The number of rotatable bonds is 20. The fourth-order valence-electron chi connectivity index (χ4n) is 12.6. The molecule has 9 rings (SSSR count). The third-order valence-electron chi connectivity index (χ3n) is 17.7. The van der Waals surface area contributed by atoms with E-state index in [2.05, 4.69) is 10.1 Å². The highest BCUT2D eigenvalue weighted by Crippen LogP contribution is 2.47. The normalized spacial score (nSPS) is 18.4. The van der Waals surface area contributed by atoms with E-state index in [-0.39, 0.29) is 99.4 Å². The minimum absolute atomic E-state index is 0.00169. The zero-order valence-corrected chi connectivity index (χ0v) is 54.9. The van der Waals surface area contributed by atoms with E-state index < -0.39 is 81.6 Å². The summed E-state index contributed by atoms with van der Waals surface area (Å²) in [6.45, 7) is 13.4. The van der Waals surface area contributed by atoms with Crippen molar-refractivity contribution < 1.29 is 78.8 Å². The zero-order chi connectivity index (χ0) is 68.3. The van der Waals surface area contributed by atoms with E-state index in [0.29, 0.717) is 18.6 Å². The van der Waals surface area contributed by atoms with Gasteiger partial charge >= 0.3 is 24.5 Å². The molecule has 0 spiro atoms. The van der Waals surface area contributed by atoms with Gasteiger partial charge in [-0.2, -0.15) is 26.3 Å². The number of alkyl carbamates (subject to hydrolysis) is 1. The lowest BCUT2D eigenvalue weighted by molar-refractivity contribution is -0.140. The van der Waals surface area contributed by atoms with E-state index in [4.69, 9.17) is 18.9 Å². The van der Waals surface area contributed by atoms with Crippen molar-refractivity contribution in [2.24, 2.45) is 0 Å². The number of carbonyl (C=O) groups excluding carboxylic acids is 6. The molecule has 508 valence electrons. The van der Waals surface area contributed by atoms with Crippen LogP contribution in [0.1, 0.15) is 168 Å². The van der Waals surface area contributed by atoms with Crippen LogP contribution < -0.4 is 29.3 Å². The Labute approximate surface area is 545 Å². The Morgan fingerprint density at radius 2 is 1.10 bits per heavy atom. The first-order chi connectivity index (χ1) is 44.6. The fraction of sp³-hybridized carbons (Fsp3) is 0.493. The standard InChI is InChI=1S/C39H46F3N3O5.C32H40F3N3O6/c1-5-38(4)36(47)44(22-21-43(25-28-15-9-6-10-16-28)37(48)49-26-29-17-11-7-12-18-29)33-23-31(32(39(40,41)42)24-34(33)50-38)35(46)45(27(2)3)30-19-13-8-14-20-30;1-20(2)38(22-9-7-6-8-10-22)28(39)24-17-26-27(18-25(24)32(33,34)35)44-31(4,19-43-23-13-11-21(3)12-14-23)29(40)37(26)16-15-36-30(41)42-5/h6-7,9-12,15-18,23-24,27,30H,5,8,13-14,19-22,25-26H2,1-4H3;11-14,17-18,20,22H,6-10,15-16,19H2,1-5H3,(H,36,41). The number of ether oxygens (including phenoxy) is 5. The third-order valence-corrected chi connectivity index (χ3v) is 17.7. The molecule has 23 heteroatoms. The summed E-state index contributed by atoms with van der Waals surface area (Å²) < 4.78 is 116. The van der Waals surface area contributed by atoms with Crippen LogP contribution in [0.3, 0.4) is 0 Å². The van der Waals surface area contributed by atoms with Gasteiger partial charge in [-0.15, -0.1) is 0 Å². The second kappa shape index (κ2) is 30.7. The monoisotopic (exact) mass is 1310 g/mol. The summed E-state index contributed by atoms with van der Waals surface area (Å²) in [6.07, 6.45) is -2.43. The lowest BCUT2D eigenvalue weighted by atomic mass is 9.91. The Morgan fingerprint density at radius 1 is 0.638 bits per heavy atom. The molecule has 17 nitrogen and oxygen atoms in total. The molecule has 2 atom stereocenters. The van der Waals surface area contributed by atoms with E-state index in [9.17, 15) is 55.1 Å². The predicted octanol–water partition coefficient (Wildman–Crippen LogP) is 14.7. The Bertz CT molecular complexity index is 3450. The summed E-state index contributed by atoms with van der Waals surface area (Å²) in [4.78, 5) is 88.5. The van der Waals surface area contributed by atoms with Crippen molar-refractivity contribution in [3.05, 3.63) is 148 Å². The molecule has 5 aromatic rings. The number of benzene rings is 5. The zero-order valence-electron chi connectivity index (χ0n) is 54.9. The molecular formula is C71H86F6N6O11. The summed E-state index contributed by atoms with van der Waals surface area (Å²) in [5.74, 6) is -2.48. The average Bonchev–Trinajstić information content (AvgIpc) is 0.751. The summed E-state index contributed by atoms with van der Waals surface area (Å²) >= 11 is 0. The average molecular weight is 1310 g/mol. The second-order valence-electron chi connectivity index (χ2n) is 25.3. The molecule has 2 fully saturated rings. The van der Waals surface area contributed by atoms with Crippen LogP contribution in [-0.4, -0.2) is 126 Å². The van der Waals surface area contributed by atoms with E-state index >= 15 is 0 Å². The maximum absolute atomic E-state index is 14.7. The lowest BCUT2D eigenvalue weighted by Gasteiger charge is -2.42. The van der Waals surface area contributed by atoms with Crippen molar-refractivity contribution in [2.75, 3.05) is 49.7 Å². The van der Waals surface area contributed by atoms with Crippen molar-refractivity contribution in [2.45, 2.75) is 187 Å². The van der Waals surface area contributed by atoms with E-state index in [0.717, 1.165) is 92.3 Å². The number of anilines is 2. The Hall–Kier alpha value is -8.50. The summed E-state index contributed by atoms with van der Waals surface area (Å²) in [6, 6.07) is 28.4. The minimum atomic E-state index is -4.88. The molecule has 6 amide bonds. The highest BCUT2D eigenvalue weighted by molar-refractivity contribution is 6.07. The molecule has 2 aliphatic carbocycles. The molecule has 0 aromatic heterocycles. The molecule has 0 radical (unpaired) electrons. The first-order valence-corrected chi connectivity index (χ1v) is 32.3. The molecule has 0 bridgehead atoms. The second-order valence-corrected chi connectivity index (χ2v) is 25.3. The number of halogens is 6. The van der Waals surface area contributed by atoms with Crippen molar-refractivity contribution in [3.8, 4) is 17.2 Å². The fourth-order valence-corrected chi connectivity index (χ4v) is 12.6. The number of aryl methyl sites for hydroxylation is 1. The quantitative estimate of drug-likeness (QED) is 0.0734. The van der Waals surface area contributed by atoms with Gasteiger partial charge in [0.15, 0.2) is 5.60 Å².